The van der Waals surface area contributed by atoms with Crippen LogP contribution in [0.25, 0.3) is 49.4 Å². The summed E-state index contributed by atoms with van der Waals surface area (Å²) in [5.41, 5.74) is 14.0. The third-order valence-electron chi connectivity index (χ3n) is 11.6. The van der Waals surface area contributed by atoms with Crippen LogP contribution in [-0.2, 0) is 5.41 Å². The van der Waals surface area contributed by atoms with Crippen molar-refractivity contribution < 1.29 is 0 Å². The van der Waals surface area contributed by atoms with E-state index in [4.69, 9.17) is 0 Å². The van der Waals surface area contributed by atoms with Gasteiger partial charge in [-0.05, 0) is 98.8 Å². The average Bonchev–Trinajstić information content (AvgIpc) is 3.75. The van der Waals surface area contributed by atoms with Gasteiger partial charge < -0.3 is 9.47 Å². The summed E-state index contributed by atoms with van der Waals surface area (Å²) in [4.78, 5) is 2.43. The number of hydrogen-bond donors (Lipinski definition) is 0. The Morgan fingerprint density at radius 1 is 0.364 bits per heavy atom. The fraction of sp³-hybridized carbons (Fsp3) is 0.0189. The molecule has 2 heteroatoms. The van der Waals surface area contributed by atoms with Crippen LogP contribution in [-0.4, -0.2) is 4.57 Å². The highest BCUT2D eigenvalue weighted by molar-refractivity contribution is 6.10. The highest BCUT2D eigenvalue weighted by atomic mass is 15.1. The maximum absolute atomic E-state index is 2.47. The van der Waals surface area contributed by atoms with E-state index in [0.717, 1.165) is 22.7 Å². The maximum Gasteiger partial charge on any atom is 0.0714 e. The third kappa shape index (κ3) is 4.68. The zero-order chi connectivity index (χ0) is 36.3. The van der Waals surface area contributed by atoms with Crippen LogP contribution in [0.1, 0.15) is 22.3 Å². The Bertz CT molecular complexity index is 2980. The van der Waals surface area contributed by atoms with Crippen molar-refractivity contribution in [2.45, 2.75) is 5.41 Å². The molecule has 0 bridgehead atoms. The van der Waals surface area contributed by atoms with Gasteiger partial charge in [0.25, 0.3) is 0 Å². The van der Waals surface area contributed by atoms with Crippen LogP contribution < -0.4 is 4.90 Å². The first kappa shape index (κ1) is 31.4. The zero-order valence-electron chi connectivity index (χ0n) is 30.2. The van der Waals surface area contributed by atoms with E-state index in [1.807, 2.05) is 0 Å². The molecule has 0 aliphatic heterocycles. The Morgan fingerprint density at radius 2 is 0.927 bits per heavy atom. The fourth-order valence-corrected chi connectivity index (χ4v) is 9.36. The molecule has 1 heterocycles. The second-order valence-electron chi connectivity index (χ2n) is 14.5. The van der Waals surface area contributed by atoms with Crippen molar-refractivity contribution in [1.82, 2.24) is 4.57 Å². The second-order valence-corrected chi connectivity index (χ2v) is 14.5. The molecule has 0 saturated carbocycles. The highest BCUT2D eigenvalue weighted by Gasteiger charge is 2.47. The summed E-state index contributed by atoms with van der Waals surface area (Å²) in [6, 6.07) is 80.1. The van der Waals surface area contributed by atoms with E-state index in [9.17, 15) is 0 Å². The van der Waals surface area contributed by atoms with E-state index in [2.05, 4.69) is 228 Å². The predicted molar refractivity (Wildman–Crippen MR) is 230 cm³/mol. The van der Waals surface area contributed by atoms with Gasteiger partial charge >= 0.3 is 0 Å². The second kappa shape index (κ2) is 12.5. The van der Waals surface area contributed by atoms with Crippen LogP contribution in [0.15, 0.2) is 218 Å². The van der Waals surface area contributed by atoms with Crippen molar-refractivity contribution in [1.29, 1.82) is 0 Å². The van der Waals surface area contributed by atoms with Gasteiger partial charge in [0.1, 0.15) is 0 Å². The molecule has 0 atom stereocenters. The average molecular weight is 701 g/mol. The molecule has 0 radical (unpaired) electrons. The molecule has 9 aromatic carbocycles. The molecule has 1 aliphatic carbocycles. The molecule has 1 aromatic heterocycles. The van der Waals surface area contributed by atoms with Crippen molar-refractivity contribution in [3.05, 3.63) is 241 Å². The van der Waals surface area contributed by atoms with Crippen LogP contribution in [0, 0.1) is 0 Å². The lowest BCUT2D eigenvalue weighted by atomic mass is 9.67. The summed E-state index contributed by atoms with van der Waals surface area (Å²) < 4.78 is 2.40. The van der Waals surface area contributed by atoms with Crippen molar-refractivity contribution in [2.75, 3.05) is 4.90 Å². The third-order valence-corrected chi connectivity index (χ3v) is 11.6. The molecule has 0 unspecified atom stereocenters. The van der Waals surface area contributed by atoms with Gasteiger partial charge in [-0.3, -0.25) is 0 Å². The molecule has 258 valence electrons. The van der Waals surface area contributed by atoms with Gasteiger partial charge in [-0.2, -0.15) is 0 Å². The van der Waals surface area contributed by atoms with Gasteiger partial charge in [-0.25, -0.2) is 0 Å². The standard InChI is InChI=1S/C53H36N2/c1-5-18-38(19-6-1)53(39-20-7-2-8-21-39)48-34-29-37-17-13-14-26-44(37)52(48)47-33-31-42(35-49(47)53)54(40-22-9-3-10-23-40)43-30-32-46-45-27-15-16-28-50(45)55(51(46)36-43)41-24-11-4-12-25-41/h1-36H. The quantitative estimate of drug-likeness (QED) is 0.168. The minimum atomic E-state index is -0.528. The number of rotatable bonds is 6. The van der Waals surface area contributed by atoms with Crippen LogP contribution in [0.5, 0.6) is 0 Å². The lowest BCUT2D eigenvalue weighted by Crippen LogP contribution is -2.28. The van der Waals surface area contributed by atoms with Crippen LogP contribution in [0.3, 0.4) is 0 Å². The Kier molecular flexibility index (Phi) is 7.11. The largest absolute Gasteiger partial charge is 0.310 e. The van der Waals surface area contributed by atoms with Crippen molar-refractivity contribution in [2.24, 2.45) is 0 Å². The Hall–Kier alpha value is -7.16. The van der Waals surface area contributed by atoms with Crippen LogP contribution >= 0.6 is 0 Å². The Morgan fingerprint density at radius 3 is 1.65 bits per heavy atom. The van der Waals surface area contributed by atoms with Crippen molar-refractivity contribution in [3.8, 4) is 16.8 Å². The smallest absolute Gasteiger partial charge is 0.0714 e. The first-order valence-corrected chi connectivity index (χ1v) is 19.0. The number of aromatic nitrogens is 1. The maximum atomic E-state index is 2.47. The molecule has 55 heavy (non-hydrogen) atoms. The SMILES string of the molecule is c1ccc(N(c2ccc3c(c2)C(c2ccccc2)(c2ccccc2)c2ccc4ccccc4c2-3)c2ccc3c4ccccc4n(-c4ccccc4)c3c2)cc1. The van der Waals surface area contributed by atoms with Gasteiger partial charge in [-0.15, -0.1) is 0 Å². The number of nitrogens with zero attached hydrogens (tertiary/aromatic N) is 2. The molecule has 0 saturated heterocycles. The van der Waals surface area contributed by atoms with E-state index in [0.29, 0.717) is 0 Å². The highest BCUT2D eigenvalue weighted by Crippen LogP contribution is 2.59. The van der Waals surface area contributed by atoms with Crippen molar-refractivity contribution >= 4 is 49.6 Å². The first-order valence-electron chi connectivity index (χ1n) is 19.0. The Balaban J connectivity index is 1.21. The van der Waals surface area contributed by atoms with E-state index in [1.54, 1.807) is 0 Å². The predicted octanol–water partition coefficient (Wildman–Crippen LogP) is 13.8. The summed E-state index contributed by atoms with van der Waals surface area (Å²) in [6.07, 6.45) is 0. The van der Waals surface area contributed by atoms with E-state index in [-0.39, 0.29) is 0 Å². The van der Waals surface area contributed by atoms with Crippen molar-refractivity contribution in [3.63, 3.8) is 0 Å². The lowest BCUT2D eigenvalue weighted by Gasteiger charge is -2.35. The summed E-state index contributed by atoms with van der Waals surface area (Å²) in [5, 5.41) is 5.01. The number of para-hydroxylation sites is 3. The summed E-state index contributed by atoms with van der Waals surface area (Å²) in [5.74, 6) is 0. The fourth-order valence-electron chi connectivity index (χ4n) is 9.36. The molecule has 2 nitrogen and oxygen atoms in total. The summed E-state index contributed by atoms with van der Waals surface area (Å²) in [7, 11) is 0. The lowest BCUT2D eigenvalue weighted by molar-refractivity contribution is 0.769. The van der Waals surface area contributed by atoms with Gasteiger partial charge in [0.2, 0.25) is 0 Å². The molecule has 10 aromatic rings. The summed E-state index contributed by atoms with van der Waals surface area (Å²) in [6.45, 7) is 0. The van der Waals surface area contributed by atoms with Gasteiger partial charge in [-0.1, -0.05) is 164 Å². The number of anilines is 3. The minimum Gasteiger partial charge on any atom is -0.310 e. The minimum absolute atomic E-state index is 0.528. The zero-order valence-corrected chi connectivity index (χ0v) is 30.2. The van der Waals surface area contributed by atoms with Crippen LogP contribution in [0.4, 0.5) is 17.1 Å². The normalized spacial score (nSPS) is 12.9. The van der Waals surface area contributed by atoms with E-state index < -0.39 is 5.41 Å². The number of hydrogen-bond acceptors (Lipinski definition) is 1. The van der Waals surface area contributed by atoms with Gasteiger partial charge in [0.15, 0.2) is 0 Å². The van der Waals surface area contributed by atoms with Gasteiger partial charge in [0, 0.05) is 33.5 Å². The molecule has 0 N–H and O–H groups in total. The number of fused-ring (bicyclic) bond motifs is 8. The topological polar surface area (TPSA) is 8.17 Å². The summed E-state index contributed by atoms with van der Waals surface area (Å²) >= 11 is 0. The molecule has 0 fully saturated rings. The van der Waals surface area contributed by atoms with Crippen LogP contribution in [0.2, 0.25) is 0 Å². The molecule has 0 amide bonds. The molecule has 0 spiro atoms. The Labute approximate surface area is 320 Å². The first-order chi connectivity index (χ1) is 27.3. The monoisotopic (exact) mass is 700 g/mol. The van der Waals surface area contributed by atoms with Gasteiger partial charge in [0.05, 0.1) is 16.4 Å². The molecule has 11 rings (SSSR count). The van der Waals surface area contributed by atoms with E-state index in [1.165, 1.54) is 66.0 Å². The number of benzene rings is 9. The van der Waals surface area contributed by atoms with E-state index >= 15 is 0 Å². The molecule has 1 aliphatic rings. The molecular formula is C53H36N2. The molecular weight excluding hydrogens is 665 g/mol.